The lowest BCUT2D eigenvalue weighted by Crippen LogP contribution is -2.43. The minimum Gasteiger partial charge on any atom is -0.459 e. The minimum absolute atomic E-state index is 0.429. The molecular formula is C14H19BrN2O4. The largest absolute Gasteiger partial charge is 0.459 e. The van der Waals surface area contributed by atoms with E-state index in [1.807, 2.05) is 0 Å². The van der Waals surface area contributed by atoms with Crippen molar-refractivity contribution in [2.24, 2.45) is 5.73 Å². The van der Waals surface area contributed by atoms with Crippen LogP contribution in [0.15, 0.2) is 28.7 Å². The lowest BCUT2D eigenvalue weighted by Gasteiger charge is -2.25. The Morgan fingerprint density at radius 1 is 1.38 bits per heavy atom. The van der Waals surface area contributed by atoms with Gasteiger partial charge in [0.25, 0.3) is 0 Å². The summed E-state index contributed by atoms with van der Waals surface area (Å²) in [6.07, 6.45) is 0. The second-order valence-electron chi connectivity index (χ2n) is 5.73. The van der Waals surface area contributed by atoms with Crippen molar-refractivity contribution in [1.29, 1.82) is 0 Å². The van der Waals surface area contributed by atoms with E-state index in [0.29, 0.717) is 5.56 Å². The lowest BCUT2D eigenvalue weighted by atomic mass is 9.92. The molecule has 0 aromatic heterocycles. The van der Waals surface area contributed by atoms with Gasteiger partial charge in [-0.15, -0.1) is 0 Å². The van der Waals surface area contributed by atoms with Crippen LogP contribution in [0.4, 0.5) is 0 Å². The number of hydrogen-bond acceptors (Lipinski definition) is 5. The first kappa shape index (κ1) is 17.6. The van der Waals surface area contributed by atoms with Gasteiger partial charge in [0.15, 0.2) is 0 Å². The number of ether oxygens (including phenoxy) is 1. The first-order chi connectivity index (χ1) is 9.60. The molecule has 0 amide bonds. The van der Waals surface area contributed by atoms with Crippen LogP contribution in [0.1, 0.15) is 32.3 Å². The predicted octanol–water partition coefficient (Wildman–Crippen LogP) is 2.48. The maximum atomic E-state index is 12.0. The van der Waals surface area contributed by atoms with Crippen LogP contribution in [0.3, 0.4) is 0 Å². The van der Waals surface area contributed by atoms with Gasteiger partial charge in [0.05, 0.1) is 5.92 Å². The first-order valence-corrected chi connectivity index (χ1v) is 7.25. The smallest absolute Gasteiger partial charge is 0.324 e. The standard InChI is InChI=1S/C14H19BrN2O4/c1-14(2,3)21-13(18)12(16)11(8-17(19)20)9-4-6-10(15)7-5-9/h4-7,11-12H,8,16H2,1-3H3/t11-,12+/m1/s1. The van der Waals surface area contributed by atoms with Crippen LogP contribution in [0.25, 0.3) is 0 Å². The van der Waals surface area contributed by atoms with Crippen LogP contribution >= 0.6 is 15.9 Å². The maximum Gasteiger partial charge on any atom is 0.324 e. The van der Waals surface area contributed by atoms with Gasteiger partial charge in [-0.25, -0.2) is 0 Å². The number of nitrogens with zero attached hydrogens (tertiary/aromatic N) is 1. The Bertz CT molecular complexity index is 511. The second-order valence-corrected chi connectivity index (χ2v) is 6.65. The molecule has 6 nitrogen and oxygen atoms in total. The van der Waals surface area contributed by atoms with E-state index in [9.17, 15) is 14.9 Å². The van der Waals surface area contributed by atoms with Crippen molar-refractivity contribution in [2.75, 3.05) is 6.54 Å². The Labute approximate surface area is 131 Å². The van der Waals surface area contributed by atoms with E-state index in [1.165, 1.54) is 0 Å². The van der Waals surface area contributed by atoms with Gasteiger partial charge >= 0.3 is 5.97 Å². The van der Waals surface area contributed by atoms with Crippen LogP contribution in [0, 0.1) is 10.1 Å². The molecule has 0 saturated carbocycles. The summed E-state index contributed by atoms with van der Waals surface area (Å²) in [5.74, 6) is -1.37. The number of hydrogen-bond donors (Lipinski definition) is 1. The summed E-state index contributed by atoms with van der Waals surface area (Å²) in [5, 5.41) is 10.9. The number of nitro groups is 1. The summed E-state index contributed by atoms with van der Waals surface area (Å²) >= 11 is 3.29. The highest BCUT2D eigenvalue weighted by atomic mass is 79.9. The summed E-state index contributed by atoms with van der Waals surface area (Å²) in [7, 11) is 0. The third kappa shape index (κ3) is 5.81. The van der Waals surface area contributed by atoms with Crippen molar-refractivity contribution in [3.05, 3.63) is 44.4 Å². The van der Waals surface area contributed by atoms with Crippen LogP contribution in [0.2, 0.25) is 0 Å². The van der Waals surface area contributed by atoms with E-state index in [2.05, 4.69) is 15.9 Å². The van der Waals surface area contributed by atoms with Gasteiger partial charge in [0, 0.05) is 9.40 Å². The van der Waals surface area contributed by atoms with Gasteiger partial charge in [-0.2, -0.15) is 0 Å². The Morgan fingerprint density at radius 3 is 2.33 bits per heavy atom. The zero-order valence-electron chi connectivity index (χ0n) is 12.2. The van der Waals surface area contributed by atoms with Gasteiger partial charge in [-0.3, -0.25) is 14.9 Å². The molecule has 7 heteroatoms. The molecule has 0 fully saturated rings. The van der Waals surface area contributed by atoms with Gasteiger partial charge < -0.3 is 10.5 Å². The Morgan fingerprint density at radius 2 is 1.90 bits per heavy atom. The highest BCUT2D eigenvalue weighted by molar-refractivity contribution is 9.10. The van der Waals surface area contributed by atoms with E-state index in [1.54, 1.807) is 45.0 Å². The third-order valence-corrected chi connectivity index (χ3v) is 3.29. The number of carbonyl (C=O) groups excluding carboxylic acids is 1. The van der Waals surface area contributed by atoms with Crippen LogP contribution in [-0.2, 0) is 9.53 Å². The third-order valence-electron chi connectivity index (χ3n) is 2.76. The molecule has 0 unspecified atom stereocenters. The van der Waals surface area contributed by atoms with Gasteiger partial charge in [-0.1, -0.05) is 28.1 Å². The number of nitrogens with two attached hydrogens (primary N) is 1. The lowest BCUT2D eigenvalue weighted by molar-refractivity contribution is -0.483. The highest BCUT2D eigenvalue weighted by Gasteiger charge is 2.33. The average molecular weight is 359 g/mol. The van der Waals surface area contributed by atoms with Crippen molar-refractivity contribution in [1.82, 2.24) is 0 Å². The monoisotopic (exact) mass is 358 g/mol. The fourth-order valence-corrected chi connectivity index (χ4v) is 2.10. The topological polar surface area (TPSA) is 95.5 Å². The average Bonchev–Trinajstić information content (AvgIpc) is 2.34. The minimum atomic E-state index is -1.09. The molecule has 1 rings (SSSR count). The Balaban J connectivity index is 2.99. The summed E-state index contributed by atoms with van der Waals surface area (Å²) in [6.45, 7) is 4.74. The zero-order valence-corrected chi connectivity index (χ0v) is 13.8. The van der Waals surface area contributed by atoms with E-state index in [0.717, 1.165) is 4.47 Å². The van der Waals surface area contributed by atoms with Gasteiger partial charge in [0.1, 0.15) is 11.6 Å². The number of carbonyl (C=O) groups is 1. The number of rotatable bonds is 5. The Hall–Kier alpha value is -1.47. The summed E-state index contributed by atoms with van der Waals surface area (Å²) in [5.41, 5.74) is 5.84. The quantitative estimate of drug-likeness (QED) is 0.495. The number of esters is 1. The molecule has 116 valence electrons. The molecule has 0 heterocycles. The molecule has 0 spiro atoms. The molecule has 0 radical (unpaired) electrons. The molecule has 0 aliphatic rings. The molecular weight excluding hydrogens is 340 g/mol. The van der Waals surface area contributed by atoms with Gasteiger partial charge in [0.2, 0.25) is 6.54 Å². The molecule has 1 aromatic rings. The normalized spacial score (nSPS) is 14.3. The van der Waals surface area contributed by atoms with E-state index in [-0.39, 0.29) is 0 Å². The predicted molar refractivity (Wildman–Crippen MR) is 82.6 cm³/mol. The molecule has 0 aliphatic carbocycles. The van der Waals surface area contributed by atoms with Crippen LogP contribution < -0.4 is 5.73 Å². The van der Waals surface area contributed by atoms with Crippen molar-refractivity contribution >= 4 is 21.9 Å². The van der Waals surface area contributed by atoms with Crippen molar-refractivity contribution in [3.63, 3.8) is 0 Å². The zero-order chi connectivity index (χ0) is 16.2. The molecule has 0 saturated heterocycles. The summed E-state index contributed by atoms with van der Waals surface area (Å²) < 4.78 is 6.06. The number of benzene rings is 1. The fourth-order valence-electron chi connectivity index (χ4n) is 1.83. The molecule has 2 N–H and O–H groups in total. The van der Waals surface area contributed by atoms with Crippen molar-refractivity contribution in [2.45, 2.75) is 38.3 Å². The van der Waals surface area contributed by atoms with Crippen molar-refractivity contribution in [3.8, 4) is 0 Å². The maximum absolute atomic E-state index is 12.0. The summed E-state index contributed by atoms with van der Waals surface area (Å²) in [6, 6.07) is 5.84. The number of halogens is 1. The van der Waals surface area contributed by atoms with Crippen LogP contribution in [-0.4, -0.2) is 29.1 Å². The molecule has 21 heavy (non-hydrogen) atoms. The van der Waals surface area contributed by atoms with Crippen molar-refractivity contribution < 1.29 is 14.5 Å². The molecule has 0 bridgehead atoms. The molecule has 2 atom stereocenters. The fraction of sp³-hybridized carbons (Fsp3) is 0.500. The van der Waals surface area contributed by atoms with Crippen LogP contribution in [0.5, 0.6) is 0 Å². The SMILES string of the molecule is CC(C)(C)OC(=O)[C@@H](N)[C@H](C[N+](=O)[O-])c1ccc(Br)cc1. The van der Waals surface area contributed by atoms with Gasteiger partial charge in [-0.05, 0) is 38.5 Å². The second kappa shape index (κ2) is 7.00. The molecule has 1 aromatic carbocycles. The highest BCUT2D eigenvalue weighted by Crippen LogP contribution is 2.23. The Kier molecular flexibility index (Phi) is 5.86. The first-order valence-electron chi connectivity index (χ1n) is 6.46. The van der Waals surface area contributed by atoms with E-state index < -0.39 is 35.0 Å². The van der Waals surface area contributed by atoms with E-state index in [4.69, 9.17) is 10.5 Å². The van der Waals surface area contributed by atoms with E-state index >= 15 is 0 Å². The summed E-state index contributed by atoms with van der Waals surface area (Å²) in [4.78, 5) is 22.4. The molecule has 0 aliphatic heterocycles.